The van der Waals surface area contributed by atoms with E-state index < -0.39 is 9.84 Å². The van der Waals surface area contributed by atoms with E-state index in [0.29, 0.717) is 36.2 Å². The van der Waals surface area contributed by atoms with Gasteiger partial charge in [-0.15, -0.1) is 0 Å². The summed E-state index contributed by atoms with van der Waals surface area (Å²) in [5.74, 6) is 0.133. The first-order chi connectivity index (χ1) is 15.9. The summed E-state index contributed by atoms with van der Waals surface area (Å²) in [5, 5.41) is 0.533. The van der Waals surface area contributed by atoms with Crippen molar-refractivity contribution in [1.29, 1.82) is 0 Å². The van der Waals surface area contributed by atoms with Crippen molar-refractivity contribution in [1.82, 2.24) is 4.98 Å². The molecular formula is C24H28N2O5S2. The van der Waals surface area contributed by atoms with Crippen LogP contribution in [-0.2, 0) is 19.4 Å². The molecule has 0 bridgehead atoms. The number of carbonyl (C=O) groups is 1. The average molecular weight is 489 g/mol. The third-order valence-electron chi connectivity index (χ3n) is 5.58. The van der Waals surface area contributed by atoms with Gasteiger partial charge in [0.2, 0.25) is 5.91 Å². The summed E-state index contributed by atoms with van der Waals surface area (Å²) in [7, 11) is -3.57. The fraction of sp³-hybridized carbons (Fsp3) is 0.417. The number of hydrogen-bond donors (Lipinski definition) is 0. The van der Waals surface area contributed by atoms with Gasteiger partial charge in [0.15, 0.2) is 15.0 Å². The highest BCUT2D eigenvalue weighted by atomic mass is 32.2. The molecule has 0 spiro atoms. The molecule has 0 radical (unpaired) electrons. The summed E-state index contributed by atoms with van der Waals surface area (Å²) in [6.45, 7) is 5.35. The van der Waals surface area contributed by atoms with E-state index in [1.54, 1.807) is 29.2 Å². The van der Waals surface area contributed by atoms with Crippen LogP contribution >= 0.6 is 11.3 Å². The highest BCUT2D eigenvalue weighted by molar-refractivity contribution is 7.91. The lowest BCUT2D eigenvalue weighted by Crippen LogP contribution is -2.38. The fourth-order valence-corrected chi connectivity index (χ4v) is 6.04. The van der Waals surface area contributed by atoms with E-state index in [1.165, 1.54) is 11.3 Å². The number of anilines is 1. The van der Waals surface area contributed by atoms with Crippen molar-refractivity contribution in [2.75, 3.05) is 30.4 Å². The first-order valence-corrected chi connectivity index (χ1v) is 13.6. The zero-order valence-electron chi connectivity index (χ0n) is 18.8. The second-order valence-electron chi connectivity index (χ2n) is 8.05. The number of thiazole rings is 1. The maximum absolute atomic E-state index is 13.3. The van der Waals surface area contributed by atoms with Crippen LogP contribution in [0.5, 0.6) is 5.75 Å². The second-order valence-corrected chi connectivity index (χ2v) is 11.2. The summed E-state index contributed by atoms with van der Waals surface area (Å²) in [6, 6.07) is 12.4. The number of rotatable bonds is 9. The molecule has 1 fully saturated rings. The predicted molar refractivity (Wildman–Crippen MR) is 130 cm³/mol. The second kappa shape index (κ2) is 10.2. The molecule has 1 aliphatic rings. The minimum absolute atomic E-state index is 0.0824. The van der Waals surface area contributed by atoms with Crippen LogP contribution in [-0.4, -0.2) is 50.9 Å². The van der Waals surface area contributed by atoms with Crippen molar-refractivity contribution in [2.24, 2.45) is 0 Å². The molecule has 33 heavy (non-hydrogen) atoms. The van der Waals surface area contributed by atoms with Gasteiger partial charge in [-0.3, -0.25) is 9.69 Å². The van der Waals surface area contributed by atoms with Gasteiger partial charge in [0.25, 0.3) is 0 Å². The molecule has 1 aromatic heterocycles. The first-order valence-electron chi connectivity index (χ1n) is 11.1. The Balaban J connectivity index is 1.57. The molecule has 0 saturated carbocycles. The van der Waals surface area contributed by atoms with Gasteiger partial charge in [0.05, 0.1) is 34.6 Å². The summed E-state index contributed by atoms with van der Waals surface area (Å²) in [6.07, 6.45) is 1.60. The lowest BCUT2D eigenvalue weighted by atomic mass is 10.2. The van der Waals surface area contributed by atoms with Gasteiger partial charge < -0.3 is 9.47 Å². The largest absolute Gasteiger partial charge is 0.492 e. The smallest absolute Gasteiger partial charge is 0.229 e. The summed E-state index contributed by atoms with van der Waals surface area (Å²) >= 11 is 1.40. The quantitative estimate of drug-likeness (QED) is 0.444. The van der Waals surface area contributed by atoms with Gasteiger partial charge in [0.1, 0.15) is 11.3 Å². The normalized spacial score (nSPS) is 16.2. The van der Waals surface area contributed by atoms with Crippen LogP contribution in [0.1, 0.15) is 31.7 Å². The van der Waals surface area contributed by atoms with Gasteiger partial charge >= 0.3 is 0 Å². The zero-order chi connectivity index (χ0) is 23.4. The van der Waals surface area contributed by atoms with Crippen LogP contribution < -0.4 is 9.64 Å². The molecule has 1 aliphatic heterocycles. The van der Waals surface area contributed by atoms with Crippen molar-refractivity contribution in [3.05, 3.63) is 48.0 Å². The van der Waals surface area contributed by atoms with Gasteiger partial charge in [0, 0.05) is 13.0 Å². The molecule has 3 aromatic rings. The number of sulfone groups is 1. The Morgan fingerprint density at radius 1 is 1.24 bits per heavy atom. The molecule has 7 nitrogen and oxygen atoms in total. The standard InChI is InChI=1S/C24H28N2O5S2/c1-3-30-20-7-4-8-21-23(20)25-24(32-21)26(16-18-6-5-14-31-18)22(27)13-15-33(28,29)19-11-9-17(2)10-12-19/h4,7-12,18H,3,5-6,13-16H2,1-2H3. The molecule has 2 aromatic carbocycles. The minimum Gasteiger partial charge on any atom is -0.492 e. The summed E-state index contributed by atoms with van der Waals surface area (Å²) < 4.78 is 37.9. The predicted octanol–water partition coefficient (Wildman–Crippen LogP) is 4.38. The highest BCUT2D eigenvalue weighted by Crippen LogP contribution is 2.35. The molecule has 0 aliphatic carbocycles. The maximum atomic E-state index is 13.3. The Hall–Kier alpha value is -2.49. The molecule has 1 unspecified atom stereocenters. The Bertz CT molecular complexity index is 1220. The molecule has 9 heteroatoms. The number of carbonyl (C=O) groups excluding carboxylic acids is 1. The van der Waals surface area contributed by atoms with Gasteiger partial charge in [-0.25, -0.2) is 13.4 Å². The fourth-order valence-electron chi connectivity index (χ4n) is 3.80. The van der Waals surface area contributed by atoms with E-state index >= 15 is 0 Å². The van der Waals surface area contributed by atoms with Crippen molar-refractivity contribution in [2.45, 2.75) is 44.1 Å². The van der Waals surface area contributed by atoms with E-state index in [4.69, 9.17) is 14.5 Å². The Morgan fingerprint density at radius 2 is 2.03 bits per heavy atom. The minimum atomic E-state index is -3.57. The van der Waals surface area contributed by atoms with Crippen molar-refractivity contribution in [3.63, 3.8) is 0 Å². The SMILES string of the molecule is CCOc1cccc2sc(N(CC3CCCO3)C(=O)CCS(=O)(=O)c3ccc(C)cc3)nc12. The third-order valence-corrected chi connectivity index (χ3v) is 8.35. The number of aromatic nitrogens is 1. The summed E-state index contributed by atoms with van der Waals surface area (Å²) in [4.78, 5) is 19.8. The van der Waals surface area contributed by atoms with Gasteiger partial charge in [-0.2, -0.15) is 0 Å². The molecule has 0 N–H and O–H groups in total. The summed E-state index contributed by atoms with van der Waals surface area (Å²) in [5.41, 5.74) is 1.69. The number of benzene rings is 2. The monoisotopic (exact) mass is 488 g/mol. The van der Waals surface area contributed by atoms with Crippen molar-refractivity contribution < 1.29 is 22.7 Å². The number of hydrogen-bond acceptors (Lipinski definition) is 7. The number of fused-ring (bicyclic) bond motifs is 1. The van der Waals surface area contributed by atoms with Crippen molar-refractivity contribution in [3.8, 4) is 5.75 Å². The van der Waals surface area contributed by atoms with E-state index in [-0.39, 0.29) is 29.1 Å². The number of ether oxygens (including phenoxy) is 2. The van der Waals surface area contributed by atoms with E-state index in [1.807, 2.05) is 32.0 Å². The lowest BCUT2D eigenvalue weighted by molar-refractivity contribution is -0.118. The van der Waals surface area contributed by atoms with Gasteiger partial charge in [-0.1, -0.05) is 35.1 Å². The number of nitrogens with zero attached hydrogens (tertiary/aromatic N) is 2. The number of para-hydroxylation sites is 1. The third kappa shape index (κ3) is 5.54. The molecule has 1 amide bonds. The first kappa shape index (κ1) is 23.7. The lowest BCUT2D eigenvalue weighted by Gasteiger charge is -2.23. The zero-order valence-corrected chi connectivity index (χ0v) is 20.5. The topological polar surface area (TPSA) is 85.8 Å². The van der Waals surface area contributed by atoms with E-state index in [0.717, 1.165) is 23.1 Å². The van der Waals surface area contributed by atoms with Crippen LogP contribution in [0.3, 0.4) is 0 Å². The average Bonchev–Trinajstić information content (AvgIpc) is 3.46. The van der Waals surface area contributed by atoms with Crippen LogP contribution in [0.25, 0.3) is 10.2 Å². The maximum Gasteiger partial charge on any atom is 0.229 e. The van der Waals surface area contributed by atoms with Crippen LogP contribution in [0.4, 0.5) is 5.13 Å². The molecular weight excluding hydrogens is 460 g/mol. The van der Waals surface area contributed by atoms with Crippen LogP contribution in [0.2, 0.25) is 0 Å². The molecule has 176 valence electrons. The number of aryl methyl sites for hydroxylation is 1. The van der Waals surface area contributed by atoms with E-state index in [9.17, 15) is 13.2 Å². The van der Waals surface area contributed by atoms with Crippen molar-refractivity contribution >= 4 is 42.4 Å². The Morgan fingerprint density at radius 3 is 2.73 bits per heavy atom. The van der Waals surface area contributed by atoms with Crippen LogP contribution in [0.15, 0.2) is 47.4 Å². The number of amides is 1. The van der Waals surface area contributed by atoms with E-state index in [2.05, 4.69) is 0 Å². The molecule has 2 heterocycles. The molecule has 4 rings (SSSR count). The highest BCUT2D eigenvalue weighted by Gasteiger charge is 2.28. The molecule has 1 atom stereocenters. The van der Waals surface area contributed by atoms with Gasteiger partial charge in [-0.05, 0) is 51.0 Å². The van der Waals surface area contributed by atoms with Crippen LogP contribution in [0, 0.1) is 6.92 Å². The molecule has 1 saturated heterocycles. The Kier molecular flexibility index (Phi) is 7.31. The Labute approximate surface area is 198 Å².